The number of aromatic carboxylic acids is 1. The number of rotatable bonds is 5. The maximum absolute atomic E-state index is 10.9. The van der Waals surface area contributed by atoms with Crippen molar-refractivity contribution >= 4 is 17.3 Å². The molecule has 0 unspecified atom stereocenters. The third-order valence-corrected chi connectivity index (χ3v) is 3.08. The Balaban J connectivity index is 1.97. The van der Waals surface area contributed by atoms with Crippen LogP contribution in [0.3, 0.4) is 0 Å². The third-order valence-electron chi connectivity index (χ3n) is 2.35. The standard InChI is InChI=1S/C13H12O3S/c14-13(15)11-3-1-2-4-12(11)16-7-5-10-6-8-17-9-10/h1-4,6,8-9H,5,7H2,(H,14,15). The van der Waals surface area contributed by atoms with Gasteiger partial charge in [-0.05, 0) is 34.5 Å². The number of hydrogen-bond acceptors (Lipinski definition) is 3. The van der Waals surface area contributed by atoms with Gasteiger partial charge in [0.2, 0.25) is 0 Å². The predicted molar refractivity (Wildman–Crippen MR) is 66.9 cm³/mol. The molecule has 2 aromatic rings. The molecule has 1 N–H and O–H groups in total. The molecule has 1 aromatic carbocycles. The molecule has 2 rings (SSSR count). The number of thiophene rings is 1. The number of ether oxygens (including phenoxy) is 1. The van der Waals surface area contributed by atoms with E-state index in [0.29, 0.717) is 12.4 Å². The van der Waals surface area contributed by atoms with Crippen LogP contribution in [0.5, 0.6) is 5.75 Å². The Morgan fingerprint density at radius 3 is 2.82 bits per heavy atom. The molecular formula is C13H12O3S. The van der Waals surface area contributed by atoms with Gasteiger partial charge in [0.15, 0.2) is 0 Å². The molecule has 0 saturated heterocycles. The van der Waals surface area contributed by atoms with Crippen LogP contribution in [0.4, 0.5) is 0 Å². The zero-order chi connectivity index (χ0) is 12.1. The molecule has 0 aliphatic heterocycles. The molecular weight excluding hydrogens is 236 g/mol. The first-order valence-electron chi connectivity index (χ1n) is 5.23. The van der Waals surface area contributed by atoms with E-state index < -0.39 is 5.97 Å². The fourth-order valence-corrected chi connectivity index (χ4v) is 2.19. The molecule has 0 atom stereocenters. The molecule has 1 heterocycles. The van der Waals surface area contributed by atoms with Gasteiger partial charge < -0.3 is 9.84 Å². The second-order valence-corrected chi connectivity index (χ2v) is 4.31. The van der Waals surface area contributed by atoms with Gasteiger partial charge in [0, 0.05) is 6.42 Å². The summed E-state index contributed by atoms with van der Waals surface area (Å²) < 4.78 is 5.50. The first-order chi connectivity index (χ1) is 8.27. The summed E-state index contributed by atoms with van der Waals surface area (Å²) in [5.41, 5.74) is 1.42. The van der Waals surface area contributed by atoms with Crippen molar-refractivity contribution in [2.45, 2.75) is 6.42 Å². The zero-order valence-corrected chi connectivity index (χ0v) is 9.94. The van der Waals surface area contributed by atoms with Gasteiger partial charge in [0.25, 0.3) is 0 Å². The van der Waals surface area contributed by atoms with Crippen LogP contribution < -0.4 is 4.74 Å². The first-order valence-corrected chi connectivity index (χ1v) is 6.18. The van der Waals surface area contributed by atoms with Crippen molar-refractivity contribution in [2.24, 2.45) is 0 Å². The van der Waals surface area contributed by atoms with E-state index in [1.54, 1.807) is 35.6 Å². The average molecular weight is 248 g/mol. The van der Waals surface area contributed by atoms with Crippen LogP contribution in [0.1, 0.15) is 15.9 Å². The number of carboxylic acids is 1. The average Bonchev–Trinajstić information content (AvgIpc) is 2.82. The van der Waals surface area contributed by atoms with E-state index in [-0.39, 0.29) is 5.56 Å². The maximum Gasteiger partial charge on any atom is 0.339 e. The first kappa shape index (κ1) is 11.7. The van der Waals surface area contributed by atoms with E-state index in [2.05, 4.69) is 5.38 Å². The van der Waals surface area contributed by atoms with Gasteiger partial charge in [-0.15, -0.1) is 0 Å². The topological polar surface area (TPSA) is 46.5 Å². The van der Waals surface area contributed by atoms with Gasteiger partial charge in [0.05, 0.1) is 6.61 Å². The van der Waals surface area contributed by atoms with Crippen LogP contribution in [0.15, 0.2) is 41.1 Å². The summed E-state index contributed by atoms with van der Waals surface area (Å²) in [4.78, 5) is 10.9. The van der Waals surface area contributed by atoms with Crippen molar-refractivity contribution < 1.29 is 14.6 Å². The Bertz CT molecular complexity index is 491. The molecule has 4 heteroatoms. The van der Waals surface area contributed by atoms with Crippen LogP contribution >= 0.6 is 11.3 Å². The Hall–Kier alpha value is -1.81. The lowest BCUT2D eigenvalue weighted by atomic mass is 10.2. The molecule has 0 radical (unpaired) electrons. The van der Waals surface area contributed by atoms with E-state index in [4.69, 9.17) is 9.84 Å². The molecule has 0 aliphatic carbocycles. The highest BCUT2D eigenvalue weighted by Crippen LogP contribution is 2.18. The van der Waals surface area contributed by atoms with E-state index in [9.17, 15) is 4.79 Å². The van der Waals surface area contributed by atoms with Crippen molar-refractivity contribution in [1.29, 1.82) is 0 Å². The van der Waals surface area contributed by atoms with Crippen molar-refractivity contribution in [3.05, 3.63) is 52.2 Å². The molecule has 3 nitrogen and oxygen atoms in total. The van der Waals surface area contributed by atoms with E-state index >= 15 is 0 Å². The molecule has 17 heavy (non-hydrogen) atoms. The Morgan fingerprint density at radius 1 is 1.29 bits per heavy atom. The fraction of sp³-hybridized carbons (Fsp3) is 0.154. The quantitative estimate of drug-likeness (QED) is 0.884. The summed E-state index contributed by atoms with van der Waals surface area (Å²) >= 11 is 1.64. The zero-order valence-electron chi connectivity index (χ0n) is 9.13. The monoisotopic (exact) mass is 248 g/mol. The highest BCUT2D eigenvalue weighted by molar-refractivity contribution is 7.07. The van der Waals surface area contributed by atoms with Gasteiger partial charge >= 0.3 is 5.97 Å². The minimum atomic E-state index is -0.962. The molecule has 1 aromatic heterocycles. The number of benzene rings is 1. The molecule has 0 spiro atoms. The predicted octanol–water partition coefficient (Wildman–Crippen LogP) is 3.07. The maximum atomic E-state index is 10.9. The minimum absolute atomic E-state index is 0.206. The van der Waals surface area contributed by atoms with E-state index in [1.807, 2.05) is 11.4 Å². The molecule has 0 bridgehead atoms. The Morgan fingerprint density at radius 2 is 2.12 bits per heavy atom. The number of carbonyl (C=O) groups is 1. The summed E-state index contributed by atoms with van der Waals surface area (Å²) in [7, 11) is 0. The van der Waals surface area contributed by atoms with Crippen LogP contribution in [-0.4, -0.2) is 17.7 Å². The van der Waals surface area contributed by atoms with Gasteiger partial charge in [-0.1, -0.05) is 12.1 Å². The molecule has 0 fully saturated rings. The summed E-state index contributed by atoms with van der Waals surface area (Å²) in [5, 5.41) is 13.0. The minimum Gasteiger partial charge on any atom is -0.492 e. The van der Waals surface area contributed by atoms with Gasteiger partial charge in [0.1, 0.15) is 11.3 Å². The van der Waals surface area contributed by atoms with Gasteiger partial charge in [-0.3, -0.25) is 0 Å². The Kier molecular flexibility index (Phi) is 3.77. The van der Waals surface area contributed by atoms with E-state index in [0.717, 1.165) is 6.42 Å². The molecule has 0 amide bonds. The molecule has 0 aliphatic rings. The van der Waals surface area contributed by atoms with Crippen LogP contribution in [0.2, 0.25) is 0 Å². The van der Waals surface area contributed by atoms with Crippen molar-refractivity contribution in [1.82, 2.24) is 0 Å². The second kappa shape index (κ2) is 5.50. The smallest absolute Gasteiger partial charge is 0.339 e. The molecule has 0 saturated carbocycles. The summed E-state index contributed by atoms with van der Waals surface area (Å²) in [6.45, 7) is 0.487. The molecule has 88 valence electrons. The number of carboxylic acid groups (broad SMARTS) is 1. The largest absolute Gasteiger partial charge is 0.492 e. The summed E-state index contributed by atoms with van der Waals surface area (Å²) in [5.74, 6) is -0.536. The highest BCUT2D eigenvalue weighted by atomic mass is 32.1. The van der Waals surface area contributed by atoms with E-state index in [1.165, 1.54) is 5.56 Å². The fourth-order valence-electron chi connectivity index (χ4n) is 1.48. The summed E-state index contributed by atoms with van der Waals surface area (Å²) in [6, 6.07) is 8.72. The van der Waals surface area contributed by atoms with Crippen molar-refractivity contribution in [2.75, 3.05) is 6.61 Å². The SMILES string of the molecule is O=C(O)c1ccccc1OCCc1ccsc1. The van der Waals surface area contributed by atoms with Crippen LogP contribution in [0, 0.1) is 0 Å². The normalized spacial score (nSPS) is 10.1. The lowest BCUT2D eigenvalue weighted by molar-refractivity contribution is 0.0692. The summed E-state index contributed by atoms with van der Waals surface area (Å²) in [6.07, 6.45) is 0.789. The van der Waals surface area contributed by atoms with Gasteiger partial charge in [-0.25, -0.2) is 4.79 Å². The van der Waals surface area contributed by atoms with Crippen LogP contribution in [-0.2, 0) is 6.42 Å². The van der Waals surface area contributed by atoms with Crippen LogP contribution in [0.25, 0.3) is 0 Å². The second-order valence-electron chi connectivity index (χ2n) is 3.53. The lowest BCUT2D eigenvalue weighted by Gasteiger charge is -2.08. The Labute approximate surface area is 103 Å². The third kappa shape index (κ3) is 3.07. The highest BCUT2D eigenvalue weighted by Gasteiger charge is 2.09. The van der Waals surface area contributed by atoms with Crippen molar-refractivity contribution in [3.8, 4) is 5.75 Å². The number of para-hydroxylation sites is 1. The van der Waals surface area contributed by atoms with Crippen molar-refractivity contribution in [3.63, 3.8) is 0 Å². The lowest BCUT2D eigenvalue weighted by Crippen LogP contribution is -2.05. The number of hydrogen-bond donors (Lipinski definition) is 1. The van der Waals surface area contributed by atoms with Gasteiger partial charge in [-0.2, -0.15) is 11.3 Å².